The first kappa shape index (κ1) is 14.2. The molecule has 4 nitrogen and oxygen atoms in total. The molecule has 1 amide bonds. The quantitative estimate of drug-likeness (QED) is 0.894. The molecule has 0 bridgehead atoms. The minimum atomic E-state index is -0.404. The monoisotopic (exact) mass is 282 g/mol. The number of amides is 1. The zero-order chi connectivity index (χ0) is 12.5. The average Bonchev–Trinajstić information content (AvgIpc) is 3.05. The SMILES string of the molecule is Cl.NC(=O)c1ccc(OCCN2CCC3CC32)cc1. The topological polar surface area (TPSA) is 55.6 Å². The molecule has 1 aromatic rings. The van der Waals surface area contributed by atoms with Crippen molar-refractivity contribution in [1.29, 1.82) is 0 Å². The number of carbonyl (C=O) groups excluding carboxylic acids is 1. The second-order valence-electron chi connectivity index (χ2n) is 5.12. The predicted octanol–water partition coefficient (Wildman–Crippen LogP) is 1.68. The van der Waals surface area contributed by atoms with E-state index in [-0.39, 0.29) is 12.4 Å². The number of hydrogen-bond acceptors (Lipinski definition) is 3. The summed E-state index contributed by atoms with van der Waals surface area (Å²) >= 11 is 0. The van der Waals surface area contributed by atoms with Crippen molar-refractivity contribution in [3.8, 4) is 5.75 Å². The maximum absolute atomic E-state index is 10.9. The molecule has 19 heavy (non-hydrogen) atoms. The van der Waals surface area contributed by atoms with Crippen molar-refractivity contribution < 1.29 is 9.53 Å². The molecule has 2 fully saturated rings. The first-order valence-electron chi connectivity index (χ1n) is 6.51. The van der Waals surface area contributed by atoms with Crippen molar-refractivity contribution in [3.05, 3.63) is 29.8 Å². The van der Waals surface area contributed by atoms with Crippen LogP contribution in [0.2, 0.25) is 0 Å². The average molecular weight is 283 g/mol. The third-order valence-corrected chi connectivity index (χ3v) is 3.93. The summed E-state index contributed by atoms with van der Waals surface area (Å²) in [4.78, 5) is 13.4. The number of ether oxygens (including phenoxy) is 1. The number of fused-ring (bicyclic) bond motifs is 1. The van der Waals surface area contributed by atoms with Crippen LogP contribution in [-0.2, 0) is 0 Å². The molecule has 2 unspecified atom stereocenters. The number of rotatable bonds is 5. The molecular weight excluding hydrogens is 264 g/mol. The second kappa shape index (κ2) is 5.80. The summed E-state index contributed by atoms with van der Waals surface area (Å²) in [7, 11) is 0. The number of halogens is 1. The van der Waals surface area contributed by atoms with Crippen LogP contribution in [0, 0.1) is 5.92 Å². The largest absolute Gasteiger partial charge is 0.492 e. The number of nitrogens with zero attached hydrogens (tertiary/aromatic N) is 1. The van der Waals surface area contributed by atoms with Gasteiger partial charge in [0.25, 0.3) is 0 Å². The molecule has 1 aromatic carbocycles. The Morgan fingerprint density at radius 2 is 2.11 bits per heavy atom. The van der Waals surface area contributed by atoms with E-state index in [2.05, 4.69) is 4.90 Å². The highest BCUT2D eigenvalue weighted by atomic mass is 35.5. The van der Waals surface area contributed by atoms with Crippen LogP contribution < -0.4 is 10.5 Å². The van der Waals surface area contributed by atoms with Crippen molar-refractivity contribution in [2.24, 2.45) is 11.7 Å². The molecule has 2 atom stereocenters. The molecule has 1 saturated carbocycles. The van der Waals surface area contributed by atoms with E-state index < -0.39 is 5.91 Å². The maximum Gasteiger partial charge on any atom is 0.248 e. The van der Waals surface area contributed by atoms with E-state index in [4.69, 9.17) is 10.5 Å². The van der Waals surface area contributed by atoms with Crippen LogP contribution in [0.3, 0.4) is 0 Å². The Bertz CT molecular complexity index is 449. The summed E-state index contributed by atoms with van der Waals surface area (Å²) in [5, 5.41) is 0. The van der Waals surface area contributed by atoms with Gasteiger partial charge < -0.3 is 10.5 Å². The highest BCUT2D eigenvalue weighted by Crippen LogP contribution is 2.43. The number of piperidine rings is 1. The molecular formula is C14H19ClN2O2. The minimum absolute atomic E-state index is 0. The Morgan fingerprint density at radius 3 is 2.63 bits per heavy atom. The van der Waals surface area contributed by atoms with E-state index in [0.717, 1.165) is 24.3 Å². The Labute approximate surface area is 119 Å². The number of primary amides is 1. The summed E-state index contributed by atoms with van der Waals surface area (Å²) < 4.78 is 5.68. The lowest BCUT2D eigenvalue weighted by molar-refractivity contribution is 0.100. The van der Waals surface area contributed by atoms with Gasteiger partial charge in [0.2, 0.25) is 5.91 Å². The normalized spacial score (nSPS) is 24.4. The van der Waals surface area contributed by atoms with Crippen LogP contribution in [0.5, 0.6) is 5.75 Å². The summed E-state index contributed by atoms with van der Waals surface area (Å²) in [5.41, 5.74) is 5.70. The Kier molecular flexibility index (Phi) is 4.32. The van der Waals surface area contributed by atoms with Gasteiger partial charge in [0, 0.05) is 18.2 Å². The van der Waals surface area contributed by atoms with E-state index in [9.17, 15) is 4.79 Å². The Balaban J connectivity index is 0.00000133. The molecule has 0 radical (unpaired) electrons. The van der Waals surface area contributed by atoms with E-state index in [1.54, 1.807) is 24.3 Å². The van der Waals surface area contributed by atoms with Gasteiger partial charge in [-0.2, -0.15) is 0 Å². The first-order valence-corrected chi connectivity index (χ1v) is 6.51. The molecule has 1 aliphatic heterocycles. The third-order valence-electron chi connectivity index (χ3n) is 3.93. The van der Waals surface area contributed by atoms with Crippen LogP contribution in [0.1, 0.15) is 23.2 Å². The minimum Gasteiger partial charge on any atom is -0.492 e. The molecule has 2 aliphatic rings. The second-order valence-corrected chi connectivity index (χ2v) is 5.12. The lowest BCUT2D eigenvalue weighted by Crippen LogP contribution is -2.28. The van der Waals surface area contributed by atoms with Crippen molar-refractivity contribution >= 4 is 18.3 Å². The van der Waals surface area contributed by atoms with Crippen LogP contribution >= 0.6 is 12.4 Å². The number of likely N-dealkylation sites (tertiary alicyclic amines) is 1. The maximum atomic E-state index is 10.9. The van der Waals surface area contributed by atoms with E-state index in [0.29, 0.717) is 12.2 Å². The fourth-order valence-electron chi connectivity index (χ4n) is 2.76. The molecule has 5 heteroatoms. The predicted molar refractivity (Wildman–Crippen MR) is 75.8 cm³/mol. The molecule has 1 heterocycles. The first-order chi connectivity index (χ1) is 8.74. The summed E-state index contributed by atoms with van der Waals surface area (Å²) in [6.07, 6.45) is 2.74. The van der Waals surface area contributed by atoms with Gasteiger partial charge in [-0.05, 0) is 49.6 Å². The lowest BCUT2D eigenvalue weighted by Gasteiger charge is -2.17. The number of nitrogens with two attached hydrogens (primary N) is 1. The van der Waals surface area contributed by atoms with Crippen LogP contribution in [-0.4, -0.2) is 36.5 Å². The summed E-state index contributed by atoms with van der Waals surface area (Å²) in [5.74, 6) is 1.37. The van der Waals surface area contributed by atoms with Gasteiger partial charge in [-0.15, -0.1) is 12.4 Å². The fourth-order valence-corrected chi connectivity index (χ4v) is 2.76. The van der Waals surface area contributed by atoms with Crippen molar-refractivity contribution in [1.82, 2.24) is 4.90 Å². The highest BCUT2D eigenvalue weighted by Gasteiger charge is 2.46. The molecule has 0 aromatic heterocycles. The number of hydrogen-bond donors (Lipinski definition) is 1. The van der Waals surface area contributed by atoms with E-state index in [1.807, 2.05) is 0 Å². The summed E-state index contributed by atoms with van der Waals surface area (Å²) in [6, 6.07) is 7.83. The van der Waals surface area contributed by atoms with Crippen LogP contribution in [0.4, 0.5) is 0 Å². The summed E-state index contributed by atoms with van der Waals surface area (Å²) in [6.45, 7) is 2.93. The lowest BCUT2D eigenvalue weighted by atomic mass is 10.2. The smallest absolute Gasteiger partial charge is 0.248 e. The highest BCUT2D eigenvalue weighted by molar-refractivity contribution is 5.92. The standard InChI is InChI=1S/C14H18N2O2.ClH/c15-14(17)10-1-3-12(4-2-10)18-8-7-16-6-5-11-9-13(11)16;/h1-4,11,13H,5-9H2,(H2,15,17);1H. The van der Waals surface area contributed by atoms with Crippen molar-refractivity contribution in [2.75, 3.05) is 19.7 Å². The zero-order valence-corrected chi connectivity index (χ0v) is 11.6. The Morgan fingerprint density at radius 1 is 1.37 bits per heavy atom. The van der Waals surface area contributed by atoms with Crippen LogP contribution in [0.15, 0.2) is 24.3 Å². The molecule has 1 saturated heterocycles. The number of carbonyl (C=O) groups is 1. The van der Waals surface area contributed by atoms with Gasteiger partial charge in [0.05, 0.1) is 0 Å². The van der Waals surface area contributed by atoms with Gasteiger partial charge in [-0.1, -0.05) is 0 Å². The zero-order valence-electron chi connectivity index (χ0n) is 10.7. The van der Waals surface area contributed by atoms with Gasteiger partial charge in [-0.25, -0.2) is 0 Å². The van der Waals surface area contributed by atoms with Gasteiger partial charge in [0.1, 0.15) is 12.4 Å². The van der Waals surface area contributed by atoms with Crippen molar-refractivity contribution in [2.45, 2.75) is 18.9 Å². The molecule has 3 rings (SSSR count). The molecule has 104 valence electrons. The van der Waals surface area contributed by atoms with E-state index >= 15 is 0 Å². The van der Waals surface area contributed by atoms with E-state index in [1.165, 1.54) is 19.4 Å². The van der Waals surface area contributed by atoms with Crippen molar-refractivity contribution in [3.63, 3.8) is 0 Å². The van der Waals surface area contributed by atoms with Gasteiger partial charge in [0.15, 0.2) is 0 Å². The fraction of sp³-hybridized carbons (Fsp3) is 0.500. The molecule has 1 aliphatic carbocycles. The molecule has 2 N–H and O–H groups in total. The molecule has 0 spiro atoms. The Hall–Kier alpha value is -1.26. The third kappa shape index (κ3) is 3.19. The van der Waals surface area contributed by atoms with Gasteiger partial charge in [-0.3, -0.25) is 9.69 Å². The number of benzene rings is 1. The van der Waals surface area contributed by atoms with Gasteiger partial charge >= 0.3 is 0 Å². The van der Waals surface area contributed by atoms with Crippen LogP contribution in [0.25, 0.3) is 0 Å².